The normalized spacial score (nSPS) is 17.8. The quantitative estimate of drug-likeness (QED) is 0.169. The molecule has 2 aromatic carbocycles. The van der Waals surface area contributed by atoms with E-state index in [-0.39, 0.29) is 9.79 Å². The molecular weight excluding hydrogens is 617 g/mol. The third-order valence-electron chi connectivity index (χ3n) is 9.63. The van der Waals surface area contributed by atoms with Crippen molar-refractivity contribution in [3.63, 3.8) is 0 Å². The van der Waals surface area contributed by atoms with Gasteiger partial charge in [0.05, 0.1) is 22.7 Å². The molecule has 1 aromatic heterocycles. The Morgan fingerprint density at radius 3 is 2.17 bits per heavy atom. The van der Waals surface area contributed by atoms with Crippen LogP contribution in [-0.2, 0) is 20.6 Å². The molecule has 0 aliphatic carbocycles. The van der Waals surface area contributed by atoms with Gasteiger partial charge in [0.1, 0.15) is 10.6 Å². The van der Waals surface area contributed by atoms with Crippen molar-refractivity contribution < 1.29 is 17.4 Å². The van der Waals surface area contributed by atoms with Crippen LogP contribution < -0.4 is 9.64 Å². The number of ether oxygens (including phenoxy) is 1. The molecule has 0 spiro atoms. The lowest BCUT2D eigenvalue weighted by Crippen LogP contribution is -2.52. The summed E-state index contributed by atoms with van der Waals surface area (Å²) in [5, 5.41) is 0.733. The Hall–Kier alpha value is -2.53. The van der Waals surface area contributed by atoms with Gasteiger partial charge in [-0.3, -0.25) is 14.1 Å². The second-order valence-corrected chi connectivity index (χ2v) is 16.3. The van der Waals surface area contributed by atoms with E-state index in [1.54, 1.807) is 30.5 Å². The Kier molecular flexibility index (Phi) is 12.5. The molecule has 46 heavy (non-hydrogen) atoms. The molecule has 3 heterocycles. The molecule has 8 nitrogen and oxygen atoms in total. The molecule has 3 aromatic rings. The first kappa shape index (κ1) is 34.8. The van der Waals surface area contributed by atoms with Gasteiger partial charge in [-0.2, -0.15) is 0 Å². The molecule has 252 valence electrons. The van der Waals surface area contributed by atoms with Crippen molar-refractivity contribution in [1.82, 2.24) is 14.8 Å². The summed E-state index contributed by atoms with van der Waals surface area (Å²) in [6.07, 6.45) is 15.0. The Morgan fingerprint density at radius 2 is 1.52 bits per heavy atom. The van der Waals surface area contributed by atoms with Gasteiger partial charge in [0.25, 0.3) is 0 Å². The lowest BCUT2D eigenvalue weighted by atomic mass is 10.0. The first-order chi connectivity index (χ1) is 22.3. The fraction of sp³-hybridized carbons (Fsp3) is 0.583. The molecule has 0 amide bonds. The largest absolute Gasteiger partial charge is 0.494 e. The van der Waals surface area contributed by atoms with Gasteiger partial charge in [0.15, 0.2) is 0 Å². The molecule has 10 heteroatoms. The number of hydrogen-bond acceptors (Lipinski definition) is 8. The molecular formula is C36H52N4O4S2. The molecule has 2 saturated heterocycles. The topological polar surface area (TPSA) is 83.0 Å². The van der Waals surface area contributed by atoms with Crippen LogP contribution in [0.5, 0.6) is 5.75 Å². The molecule has 0 bridgehead atoms. The molecule has 0 saturated carbocycles. The average molecular weight is 669 g/mol. The molecule has 1 unspecified atom stereocenters. The van der Waals surface area contributed by atoms with Gasteiger partial charge in [-0.15, -0.1) is 0 Å². The molecule has 0 N–H and O–H groups in total. The summed E-state index contributed by atoms with van der Waals surface area (Å²) in [7, 11) is -2.93. The number of benzene rings is 2. The van der Waals surface area contributed by atoms with Gasteiger partial charge in [0, 0.05) is 78.8 Å². The highest BCUT2D eigenvalue weighted by molar-refractivity contribution is 7.91. The summed E-state index contributed by atoms with van der Waals surface area (Å²) in [5.41, 5.74) is 1.37. The van der Waals surface area contributed by atoms with Gasteiger partial charge in [-0.1, -0.05) is 51.9 Å². The summed E-state index contributed by atoms with van der Waals surface area (Å²) in [4.78, 5) is 12.8. The number of rotatable bonds is 15. The van der Waals surface area contributed by atoms with E-state index in [4.69, 9.17) is 4.74 Å². The fourth-order valence-corrected chi connectivity index (χ4v) is 8.73. The minimum absolute atomic E-state index is 0.199. The van der Waals surface area contributed by atoms with Gasteiger partial charge in [-0.05, 0) is 68.8 Å². The molecule has 2 fully saturated rings. The second kappa shape index (κ2) is 16.5. The van der Waals surface area contributed by atoms with Crippen LogP contribution in [0.15, 0.2) is 63.3 Å². The van der Waals surface area contributed by atoms with Crippen LogP contribution in [0.1, 0.15) is 71.1 Å². The summed E-state index contributed by atoms with van der Waals surface area (Å²) >= 11 is 0. The van der Waals surface area contributed by atoms with E-state index in [9.17, 15) is 12.6 Å². The van der Waals surface area contributed by atoms with Gasteiger partial charge in [-0.25, -0.2) is 8.42 Å². The SMILES string of the molecule is CCCCCCCCCCOc1ccc(S(=O)(=O)c2cnc3ccc(S(C)=O)cc3c2N2CCC(N3CCN(C)CC3)CC2)cc1. The number of fused-ring (bicyclic) bond motifs is 1. The highest BCUT2D eigenvalue weighted by Crippen LogP contribution is 2.38. The van der Waals surface area contributed by atoms with Crippen LogP contribution in [0.2, 0.25) is 0 Å². The summed E-state index contributed by atoms with van der Waals surface area (Å²) < 4.78 is 46.9. The van der Waals surface area contributed by atoms with E-state index >= 15 is 0 Å². The summed E-state index contributed by atoms with van der Waals surface area (Å²) in [5.74, 6) is 0.680. The van der Waals surface area contributed by atoms with Crippen molar-refractivity contribution in [2.45, 2.75) is 91.9 Å². The number of likely N-dealkylation sites (N-methyl/N-ethyl adjacent to an activating group) is 1. The van der Waals surface area contributed by atoms with Crippen LogP contribution >= 0.6 is 0 Å². The predicted octanol–water partition coefficient (Wildman–Crippen LogP) is 6.54. The van der Waals surface area contributed by atoms with E-state index in [0.29, 0.717) is 34.5 Å². The smallest absolute Gasteiger partial charge is 0.210 e. The van der Waals surface area contributed by atoms with Crippen molar-refractivity contribution >= 4 is 37.2 Å². The maximum atomic E-state index is 14.3. The zero-order chi connectivity index (χ0) is 32.5. The summed E-state index contributed by atoms with van der Waals surface area (Å²) in [6, 6.07) is 12.8. The number of nitrogens with zero attached hydrogens (tertiary/aromatic N) is 4. The molecule has 5 rings (SSSR count). The van der Waals surface area contributed by atoms with Crippen molar-refractivity contribution in [1.29, 1.82) is 0 Å². The zero-order valence-electron chi connectivity index (χ0n) is 28.0. The predicted molar refractivity (Wildman–Crippen MR) is 188 cm³/mol. The minimum Gasteiger partial charge on any atom is -0.494 e. The molecule has 2 aliphatic rings. The molecule has 2 aliphatic heterocycles. The van der Waals surface area contributed by atoms with Crippen molar-refractivity contribution in [2.75, 3.05) is 64.1 Å². The number of pyridine rings is 1. The zero-order valence-corrected chi connectivity index (χ0v) is 29.6. The van der Waals surface area contributed by atoms with Gasteiger partial charge >= 0.3 is 0 Å². The Labute approximate surface area is 278 Å². The highest BCUT2D eigenvalue weighted by atomic mass is 32.2. The van der Waals surface area contributed by atoms with E-state index < -0.39 is 20.6 Å². The van der Waals surface area contributed by atoms with E-state index in [2.05, 4.69) is 33.7 Å². The number of sulfone groups is 1. The number of anilines is 1. The number of hydrogen-bond donors (Lipinski definition) is 0. The van der Waals surface area contributed by atoms with Crippen LogP contribution in [-0.4, -0.2) is 92.6 Å². The van der Waals surface area contributed by atoms with Gasteiger partial charge in [0.2, 0.25) is 9.84 Å². The third-order valence-corrected chi connectivity index (χ3v) is 12.3. The standard InChI is InChI=1S/C36H52N4O4S2/c1-4-5-6-7-8-9-10-11-26-44-30-12-15-32(16-13-30)46(42,43)35-28-37-34-17-14-31(45(3)41)27-33(34)36(35)40-20-18-29(19-21-40)39-24-22-38(2)23-25-39/h12-17,27-29H,4-11,18-26H2,1-3H3. The Bertz CT molecular complexity index is 1550. The molecule has 1 atom stereocenters. The van der Waals surface area contributed by atoms with Crippen LogP contribution in [0.4, 0.5) is 5.69 Å². The first-order valence-corrected chi connectivity index (χ1v) is 20.2. The monoisotopic (exact) mass is 668 g/mol. The lowest BCUT2D eigenvalue weighted by Gasteiger charge is -2.43. The average Bonchev–Trinajstić information content (AvgIpc) is 3.07. The minimum atomic E-state index is -3.89. The Morgan fingerprint density at radius 1 is 0.870 bits per heavy atom. The number of unbranched alkanes of at least 4 members (excludes halogenated alkanes) is 7. The van der Waals surface area contributed by atoms with Crippen LogP contribution in [0.25, 0.3) is 10.9 Å². The van der Waals surface area contributed by atoms with Crippen molar-refractivity contribution in [2.24, 2.45) is 0 Å². The fourth-order valence-electron chi connectivity index (χ4n) is 6.75. The van der Waals surface area contributed by atoms with Gasteiger partial charge < -0.3 is 14.5 Å². The highest BCUT2D eigenvalue weighted by Gasteiger charge is 2.32. The second-order valence-electron chi connectivity index (χ2n) is 13.0. The summed E-state index contributed by atoms with van der Waals surface area (Å²) in [6.45, 7) is 8.68. The van der Waals surface area contributed by atoms with Crippen LogP contribution in [0.3, 0.4) is 0 Å². The lowest BCUT2D eigenvalue weighted by molar-refractivity contribution is 0.0982. The van der Waals surface area contributed by atoms with E-state index in [0.717, 1.165) is 70.3 Å². The van der Waals surface area contributed by atoms with E-state index in [1.165, 1.54) is 44.7 Å². The number of piperidine rings is 1. The third kappa shape index (κ3) is 8.68. The molecule has 0 radical (unpaired) electrons. The van der Waals surface area contributed by atoms with Crippen molar-refractivity contribution in [3.8, 4) is 5.75 Å². The van der Waals surface area contributed by atoms with E-state index in [1.807, 2.05) is 18.2 Å². The Balaban J connectivity index is 1.32. The number of piperazine rings is 1. The first-order valence-electron chi connectivity index (χ1n) is 17.2. The van der Waals surface area contributed by atoms with Crippen LogP contribution in [0, 0.1) is 0 Å². The maximum Gasteiger partial charge on any atom is 0.210 e. The maximum absolute atomic E-state index is 14.3. The van der Waals surface area contributed by atoms with Crippen molar-refractivity contribution in [3.05, 3.63) is 48.7 Å². The number of aromatic nitrogens is 1.